The number of rotatable bonds is 4. The van der Waals surface area contributed by atoms with Crippen molar-refractivity contribution in [2.24, 2.45) is 5.73 Å². The van der Waals surface area contributed by atoms with E-state index in [1.165, 1.54) is 12.1 Å². The number of carbonyl (C=O) groups is 1. The molecule has 1 aromatic rings. The topological polar surface area (TPSA) is 127 Å². The first-order chi connectivity index (χ1) is 7.41. The molecule has 16 heavy (non-hydrogen) atoms. The zero-order valence-corrected chi connectivity index (χ0v) is 8.16. The van der Waals surface area contributed by atoms with E-state index in [9.17, 15) is 14.9 Å². The number of phenolic OH excluding ortho intramolecular Hbond substituents is 2. The molecule has 1 atom stereocenters. The summed E-state index contributed by atoms with van der Waals surface area (Å²) in [5.41, 5.74) is 5.20. The lowest BCUT2D eigenvalue weighted by Crippen LogP contribution is -2.37. The van der Waals surface area contributed by atoms with Crippen molar-refractivity contribution in [1.29, 1.82) is 0 Å². The van der Waals surface area contributed by atoms with Gasteiger partial charge in [0.05, 0.1) is 0 Å². The van der Waals surface area contributed by atoms with Gasteiger partial charge in [0.2, 0.25) is 0 Å². The summed E-state index contributed by atoms with van der Waals surface area (Å²) in [6.45, 7) is 0. The van der Waals surface area contributed by atoms with Crippen LogP contribution in [-0.4, -0.2) is 27.1 Å². The molecule has 1 aromatic carbocycles. The average Bonchev–Trinajstić information content (AvgIpc) is 2.18. The van der Waals surface area contributed by atoms with Crippen molar-refractivity contribution < 1.29 is 19.9 Å². The Balaban J connectivity index is 2.90. The smallest absolute Gasteiger partial charge is 0.293 e. The summed E-state index contributed by atoms with van der Waals surface area (Å²) in [4.78, 5) is 20.5. The molecule has 86 valence electrons. The molecule has 0 saturated heterocycles. The standard InChI is InChI=1S/C9H10N2O5/c10-9(14)6(11(15)16)3-5-1-2-7(12)8(13)4-5/h1-2,4,6,12-13H,3H2,(H2,10,14)/t6-/m0/s1. The molecule has 0 aliphatic carbocycles. The highest BCUT2D eigenvalue weighted by Crippen LogP contribution is 2.25. The molecule has 0 aliphatic rings. The Labute approximate surface area is 90.3 Å². The van der Waals surface area contributed by atoms with Gasteiger partial charge in [-0.1, -0.05) is 6.07 Å². The number of hydrogen-bond acceptors (Lipinski definition) is 5. The summed E-state index contributed by atoms with van der Waals surface area (Å²) in [7, 11) is 0. The molecule has 7 heteroatoms. The number of nitro groups is 1. The molecule has 0 saturated carbocycles. The maximum absolute atomic E-state index is 10.8. The van der Waals surface area contributed by atoms with Gasteiger partial charge in [0.25, 0.3) is 11.9 Å². The largest absolute Gasteiger partial charge is 0.504 e. The highest BCUT2D eigenvalue weighted by atomic mass is 16.6. The van der Waals surface area contributed by atoms with Gasteiger partial charge in [-0.25, -0.2) is 0 Å². The van der Waals surface area contributed by atoms with Gasteiger partial charge in [0.1, 0.15) is 0 Å². The fraction of sp³-hybridized carbons (Fsp3) is 0.222. The van der Waals surface area contributed by atoms with Crippen LogP contribution < -0.4 is 5.73 Å². The third-order valence-electron chi connectivity index (χ3n) is 2.05. The van der Waals surface area contributed by atoms with Crippen molar-refractivity contribution in [3.63, 3.8) is 0 Å². The molecule has 0 bridgehead atoms. The number of amides is 1. The van der Waals surface area contributed by atoms with E-state index in [0.717, 1.165) is 6.07 Å². The second-order valence-electron chi connectivity index (χ2n) is 3.23. The number of hydrogen-bond donors (Lipinski definition) is 3. The van der Waals surface area contributed by atoms with Gasteiger partial charge in [-0.05, 0) is 17.7 Å². The van der Waals surface area contributed by atoms with E-state index >= 15 is 0 Å². The Bertz CT molecular complexity index is 418. The quantitative estimate of drug-likeness (QED) is 0.371. The van der Waals surface area contributed by atoms with Crippen LogP contribution in [0.25, 0.3) is 0 Å². The number of carbonyl (C=O) groups excluding carboxylic acids is 1. The van der Waals surface area contributed by atoms with Crippen LogP contribution in [0.3, 0.4) is 0 Å². The monoisotopic (exact) mass is 226 g/mol. The number of nitrogens with two attached hydrogens (primary N) is 1. The SMILES string of the molecule is NC(=O)[C@H](Cc1ccc(O)c(O)c1)[N+](=O)[O-]. The molecule has 0 radical (unpaired) electrons. The van der Waals surface area contributed by atoms with E-state index < -0.39 is 22.6 Å². The van der Waals surface area contributed by atoms with Gasteiger partial charge < -0.3 is 15.9 Å². The number of aromatic hydroxyl groups is 2. The number of benzene rings is 1. The zero-order chi connectivity index (χ0) is 12.3. The summed E-state index contributed by atoms with van der Waals surface area (Å²) in [5.74, 6) is -1.78. The van der Waals surface area contributed by atoms with E-state index in [4.69, 9.17) is 15.9 Å². The van der Waals surface area contributed by atoms with Gasteiger partial charge >= 0.3 is 0 Å². The lowest BCUT2D eigenvalue weighted by molar-refractivity contribution is -0.506. The Kier molecular flexibility index (Phi) is 3.29. The van der Waals surface area contributed by atoms with Crippen LogP contribution in [-0.2, 0) is 11.2 Å². The average molecular weight is 226 g/mol. The molecule has 0 aromatic heterocycles. The lowest BCUT2D eigenvalue weighted by Gasteiger charge is -2.06. The van der Waals surface area contributed by atoms with Gasteiger partial charge in [-0.15, -0.1) is 0 Å². The first-order valence-electron chi connectivity index (χ1n) is 4.35. The molecule has 0 aliphatic heterocycles. The Morgan fingerprint density at radius 2 is 2.06 bits per heavy atom. The van der Waals surface area contributed by atoms with Gasteiger partial charge in [0.15, 0.2) is 11.5 Å². The number of nitrogens with zero attached hydrogens (tertiary/aromatic N) is 1. The molecule has 1 amide bonds. The molecule has 0 spiro atoms. The summed E-state index contributed by atoms with van der Waals surface area (Å²) >= 11 is 0. The van der Waals surface area contributed by atoms with Crippen LogP contribution >= 0.6 is 0 Å². The third kappa shape index (κ3) is 2.59. The molecule has 0 fully saturated rings. The van der Waals surface area contributed by atoms with Crippen molar-refractivity contribution in [3.8, 4) is 11.5 Å². The summed E-state index contributed by atoms with van der Waals surface area (Å²) in [6.07, 6.45) is -0.226. The first kappa shape index (κ1) is 11.8. The van der Waals surface area contributed by atoms with Crippen molar-refractivity contribution >= 4 is 5.91 Å². The van der Waals surface area contributed by atoms with E-state index in [2.05, 4.69) is 0 Å². The summed E-state index contributed by atoms with van der Waals surface area (Å²) in [5, 5.41) is 28.7. The third-order valence-corrected chi connectivity index (χ3v) is 2.05. The molecule has 0 heterocycles. The van der Waals surface area contributed by atoms with Gasteiger partial charge in [-0.2, -0.15) is 0 Å². The van der Waals surface area contributed by atoms with Crippen LogP contribution in [0.2, 0.25) is 0 Å². The number of primary amides is 1. The summed E-state index contributed by atoms with van der Waals surface area (Å²) < 4.78 is 0. The maximum atomic E-state index is 10.8. The van der Waals surface area contributed by atoms with Gasteiger partial charge in [-0.3, -0.25) is 14.9 Å². The van der Waals surface area contributed by atoms with Crippen molar-refractivity contribution in [2.45, 2.75) is 12.5 Å². The highest BCUT2D eigenvalue weighted by molar-refractivity contribution is 5.78. The zero-order valence-electron chi connectivity index (χ0n) is 8.16. The van der Waals surface area contributed by atoms with E-state index in [-0.39, 0.29) is 12.2 Å². The van der Waals surface area contributed by atoms with Crippen LogP contribution in [0.15, 0.2) is 18.2 Å². The minimum Gasteiger partial charge on any atom is -0.504 e. The lowest BCUT2D eigenvalue weighted by atomic mass is 10.1. The summed E-state index contributed by atoms with van der Waals surface area (Å²) in [6, 6.07) is 2.16. The van der Waals surface area contributed by atoms with E-state index in [0.29, 0.717) is 5.56 Å². The minimum atomic E-state index is -1.54. The minimum absolute atomic E-state index is 0.226. The molecule has 7 nitrogen and oxygen atoms in total. The first-order valence-corrected chi connectivity index (χ1v) is 4.35. The van der Waals surface area contributed by atoms with Crippen molar-refractivity contribution in [3.05, 3.63) is 33.9 Å². The van der Waals surface area contributed by atoms with Gasteiger partial charge in [0, 0.05) is 11.3 Å². The molecule has 0 unspecified atom stereocenters. The van der Waals surface area contributed by atoms with Crippen molar-refractivity contribution in [2.75, 3.05) is 0 Å². The van der Waals surface area contributed by atoms with Crippen LogP contribution in [0.4, 0.5) is 0 Å². The fourth-order valence-electron chi connectivity index (χ4n) is 1.20. The predicted octanol–water partition coefficient (Wildman–Crippen LogP) is -0.229. The van der Waals surface area contributed by atoms with Crippen LogP contribution in [0, 0.1) is 10.1 Å². The second-order valence-corrected chi connectivity index (χ2v) is 3.23. The molecule has 1 rings (SSSR count). The maximum Gasteiger partial charge on any atom is 0.293 e. The molecule has 4 N–H and O–H groups in total. The molecular formula is C9H10N2O5. The second kappa shape index (κ2) is 4.47. The Hall–Kier alpha value is -2.31. The predicted molar refractivity (Wildman–Crippen MR) is 53.5 cm³/mol. The Morgan fingerprint density at radius 1 is 1.44 bits per heavy atom. The Morgan fingerprint density at radius 3 is 2.50 bits per heavy atom. The van der Waals surface area contributed by atoms with Crippen LogP contribution in [0.1, 0.15) is 5.56 Å². The fourth-order valence-corrected chi connectivity index (χ4v) is 1.20. The highest BCUT2D eigenvalue weighted by Gasteiger charge is 2.27. The normalized spacial score (nSPS) is 12.0. The van der Waals surface area contributed by atoms with Crippen LogP contribution in [0.5, 0.6) is 11.5 Å². The van der Waals surface area contributed by atoms with Crippen molar-refractivity contribution in [1.82, 2.24) is 0 Å². The van der Waals surface area contributed by atoms with E-state index in [1.807, 2.05) is 0 Å². The number of phenols is 2. The molecular weight excluding hydrogens is 216 g/mol. The van der Waals surface area contributed by atoms with E-state index in [1.54, 1.807) is 0 Å².